The zero-order valence-electron chi connectivity index (χ0n) is 25.7. The zero-order chi connectivity index (χ0) is 30.7. The quantitative estimate of drug-likeness (QED) is 0.0890. The number of carbonyl (C=O) groups is 4. The van der Waals surface area contributed by atoms with Crippen molar-refractivity contribution in [3.63, 3.8) is 0 Å². The Morgan fingerprint density at radius 1 is 0.902 bits per heavy atom. The average molecular weight is 569 g/mol. The van der Waals surface area contributed by atoms with Crippen molar-refractivity contribution in [1.82, 2.24) is 0 Å². The van der Waals surface area contributed by atoms with E-state index in [2.05, 4.69) is 12.2 Å². The maximum absolute atomic E-state index is 12.4. The molecule has 0 unspecified atom stereocenters. The van der Waals surface area contributed by atoms with Crippen molar-refractivity contribution in [1.29, 1.82) is 0 Å². The van der Waals surface area contributed by atoms with Crippen LogP contribution in [0, 0.1) is 6.92 Å². The van der Waals surface area contributed by atoms with Gasteiger partial charge in [0.2, 0.25) is 0 Å². The van der Waals surface area contributed by atoms with Gasteiger partial charge in [-0.2, -0.15) is 0 Å². The first-order valence-corrected chi connectivity index (χ1v) is 14.1. The summed E-state index contributed by atoms with van der Waals surface area (Å²) in [5.41, 5.74) is 3.73. The van der Waals surface area contributed by atoms with Crippen LogP contribution in [0.1, 0.15) is 98.1 Å². The second kappa shape index (κ2) is 15.4. The monoisotopic (exact) mass is 568 g/mol. The highest BCUT2D eigenvalue weighted by Gasteiger charge is 2.43. The lowest BCUT2D eigenvalue weighted by molar-refractivity contribution is -0.161. The van der Waals surface area contributed by atoms with Crippen LogP contribution in [0.15, 0.2) is 47.1 Å². The van der Waals surface area contributed by atoms with E-state index in [4.69, 9.17) is 18.9 Å². The topological polar surface area (TPSA) is 105 Å². The molecule has 0 amide bonds. The maximum atomic E-state index is 12.4. The van der Waals surface area contributed by atoms with Crippen LogP contribution < -0.4 is 9.47 Å². The Kier molecular flexibility index (Phi) is 12.6. The Hall–Kier alpha value is -3.68. The number of rotatable bonds is 12. The Bertz CT molecular complexity index is 1230. The van der Waals surface area contributed by atoms with E-state index < -0.39 is 29.6 Å². The van der Waals surface area contributed by atoms with Crippen LogP contribution in [-0.4, -0.2) is 35.6 Å². The fourth-order valence-corrected chi connectivity index (χ4v) is 4.81. The molecule has 1 aliphatic rings. The summed E-state index contributed by atoms with van der Waals surface area (Å²) in [6.07, 6.45) is 9.88. The number of fused-ring (bicyclic) bond motifs is 1. The predicted octanol–water partition coefficient (Wildman–Crippen LogP) is 6.81. The van der Waals surface area contributed by atoms with E-state index in [1.807, 2.05) is 40.7 Å². The molecule has 0 aliphatic carbocycles. The number of esters is 4. The SMILES string of the molecule is CC(=O)OC(=O)/C(=C/CC/C(C)=C/CC[C@]1(C)Oc2c(C)cc(OC(C)=O)cc2C[C@@H]1OC(C)=O)CCC=C(C)C. The van der Waals surface area contributed by atoms with Crippen molar-refractivity contribution >= 4 is 23.9 Å². The van der Waals surface area contributed by atoms with Gasteiger partial charge in [0.25, 0.3) is 0 Å². The molecule has 0 radical (unpaired) electrons. The van der Waals surface area contributed by atoms with Crippen molar-refractivity contribution in [2.75, 3.05) is 0 Å². The van der Waals surface area contributed by atoms with Gasteiger partial charge in [0.05, 0.1) is 0 Å². The summed E-state index contributed by atoms with van der Waals surface area (Å²) in [6, 6.07) is 3.53. The highest BCUT2D eigenvalue weighted by Crippen LogP contribution is 2.41. The van der Waals surface area contributed by atoms with Gasteiger partial charge < -0.3 is 18.9 Å². The van der Waals surface area contributed by atoms with Crippen molar-refractivity contribution in [2.45, 2.75) is 112 Å². The minimum Gasteiger partial charge on any atom is -0.483 e. The summed E-state index contributed by atoms with van der Waals surface area (Å²) in [4.78, 5) is 47.0. The Labute approximate surface area is 243 Å². The average Bonchev–Trinajstić information content (AvgIpc) is 2.83. The molecule has 0 saturated carbocycles. The summed E-state index contributed by atoms with van der Waals surface area (Å²) >= 11 is 0. The van der Waals surface area contributed by atoms with Gasteiger partial charge >= 0.3 is 23.9 Å². The summed E-state index contributed by atoms with van der Waals surface area (Å²) in [7, 11) is 0. The van der Waals surface area contributed by atoms with Crippen molar-refractivity contribution in [3.8, 4) is 11.5 Å². The van der Waals surface area contributed by atoms with E-state index in [0.29, 0.717) is 49.8 Å². The summed E-state index contributed by atoms with van der Waals surface area (Å²) in [6.45, 7) is 13.8. The Morgan fingerprint density at radius 2 is 1.59 bits per heavy atom. The van der Waals surface area contributed by atoms with Gasteiger partial charge in [-0.25, -0.2) is 4.79 Å². The second-order valence-corrected chi connectivity index (χ2v) is 11.1. The smallest absolute Gasteiger partial charge is 0.341 e. The van der Waals surface area contributed by atoms with E-state index in [-0.39, 0.29) is 5.97 Å². The number of aryl methyl sites for hydroxylation is 1. The molecular formula is C33H44O8. The number of carbonyl (C=O) groups excluding carboxylic acids is 4. The third-order valence-electron chi connectivity index (χ3n) is 6.84. The number of ether oxygens (including phenoxy) is 4. The standard InChI is InChI=1S/C33H44O8/c1-21(2)12-9-15-27(32(37)40-26(7)36)16-10-13-22(3)14-11-17-33(8)30(39-25(6)35)20-28-19-29(38-24(5)34)18-23(4)31(28)41-33/h12,14,16,18-19,30H,9-11,13,15,17,20H2,1-8H3/b22-14+,27-16+/t30-,33-/m0/s1. The van der Waals surface area contributed by atoms with E-state index in [1.165, 1.54) is 26.3 Å². The molecule has 0 bridgehead atoms. The van der Waals surface area contributed by atoms with E-state index in [0.717, 1.165) is 28.9 Å². The molecule has 8 heteroatoms. The van der Waals surface area contributed by atoms with Crippen LogP contribution in [0.3, 0.4) is 0 Å². The number of benzene rings is 1. The normalized spacial score (nSPS) is 18.5. The first kappa shape index (κ1) is 33.5. The molecule has 2 atom stereocenters. The fourth-order valence-electron chi connectivity index (χ4n) is 4.81. The van der Waals surface area contributed by atoms with Crippen LogP contribution in [-0.2, 0) is 35.1 Å². The Balaban J connectivity index is 2.11. The maximum Gasteiger partial charge on any atom is 0.341 e. The van der Waals surface area contributed by atoms with E-state index >= 15 is 0 Å². The number of hydrogen-bond donors (Lipinski definition) is 0. The number of hydrogen-bond acceptors (Lipinski definition) is 8. The molecule has 1 heterocycles. The molecule has 0 aromatic heterocycles. The molecule has 1 aromatic carbocycles. The molecular weight excluding hydrogens is 524 g/mol. The Morgan fingerprint density at radius 3 is 2.20 bits per heavy atom. The van der Waals surface area contributed by atoms with Gasteiger partial charge in [0, 0.05) is 38.3 Å². The predicted molar refractivity (Wildman–Crippen MR) is 157 cm³/mol. The summed E-state index contributed by atoms with van der Waals surface area (Å²) in [5.74, 6) is -0.844. The molecule has 224 valence electrons. The largest absolute Gasteiger partial charge is 0.483 e. The second-order valence-electron chi connectivity index (χ2n) is 11.1. The third kappa shape index (κ3) is 11.0. The van der Waals surface area contributed by atoms with E-state index in [1.54, 1.807) is 12.1 Å². The highest BCUT2D eigenvalue weighted by molar-refractivity contribution is 5.95. The van der Waals surface area contributed by atoms with Gasteiger partial charge in [0.15, 0.2) is 0 Å². The zero-order valence-corrected chi connectivity index (χ0v) is 25.7. The molecule has 0 saturated heterocycles. The summed E-state index contributed by atoms with van der Waals surface area (Å²) in [5, 5.41) is 0. The molecule has 41 heavy (non-hydrogen) atoms. The van der Waals surface area contributed by atoms with Gasteiger partial charge in [-0.15, -0.1) is 0 Å². The van der Waals surface area contributed by atoms with Gasteiger partial charge in [-0.05, 0) is 90.8 Å². The molecule has 0 N–H and O–H groups in total. The first-order chi connectivity index (χ1) is 19.2. The van der Waals surface area contributed by atoms with Gasteiger partial charge in [-0.1, -0.05) is 29.4 Å². The lowest BCUT2D eigenvalue weighted by Gasteiger charge is -2.42. The molecule has 0 fully saturated rings. The molecule has 1 aromatic rings. The number of allylic oxidation sites excluding steroid dienone is 5. The van der Waals surface area contributed by atoms with Crippen LogP contribution >= 0.6 is 0 Å². The lowest BCUT2D eigenvalue weighted by Crippen LogP contribution is -2.51. The van der Waals surface area contributed by atoms with Crippen molar-refractivity contribution < 1.29 is 38.1 Å². The fraction of sp³-hybridized carbons (Fsp3) is 0.515. The third-order valence-corrected chi connectivity index (χ3v) is 6.84. The highest BCUT2D eigenvalue weighted by atomic mass is 16.6. The molecule has 1 aliphatic heterocycles. The molecule has 2 rings (SSSR count). The molecule has 8 nitrogen and oxygen atoms in total. The minimum atomic E-state index is -0.752. The van der Waals surface area contributed by atoms with Crippen LogP contribution in [0.4, 0.5) is 0 Å². The van der Waals surface area contributed by atoms with Crippen LogP contribution in [0.2, 0.25) is 0 Å². The van der Waals surface area contributed by atoms with Crippen molar-refractivity contribution in [3.05, 3.63) is 58.2 Å². The van der Waals surface area contributed by atoms with Gasteiger partial charge in [0.1, 0.15) is 23.2 Å². The van der Waals surface area contributed by atoms with Crippen molar-refractivity contribution in [2.24, 2.45) is 0 Å². The van der Waals surface area contributed by atoms with E-state index in [9.17, 15) is 19.2 Å². The molecule has 0 spiro atoms. The van der Waals surface area contributed by atoms with Gasteiger partial charge in [-0.3, -0.25) is 14.4 Å². The summed E-state index contributed by atoms with van der Waals surface area (Å²) < 4.78 is 22.3. The lowest BCUT2D eigenvalue weighted by atomic mass is 9.84. The first-order valence-electron chi connectivity index (χ1n) is 14.1. The van der Waals surface area contributed by atoms with Crippen LogP contribution in [0.5, 0.6) is 11.5 Å². The van der Waals surface area contributed by atoms with Crippen LogP contribution in [0.25, 0.3) is 0 Å². The minimum absolute atomic E-state index is 0.386.